The molecule has 0 radical (unpaired) electrons. The van der Waals surface area contributed by atoms with Gasteiger partial charge in [-0.25, -0.2) is 4.79 Å². The summed E-state index contributed by atoms with van der Waals surface area (Å²) in [6.45, 7) is 0.617. The Hall–Kier alpha value is -2.66. The van der Waals surface area contributed by atoms with Gasteiger partial charge in [0, 0.05) is 13.0 Å². The third-order valence-corrected chi connectivity index (χ3v) is 4.44. The standard InChI is InChI=1S/C20H21NO4/c22-18(11-10-14-6-4-5-9-16(14)20(23)24)21-17-12-13-25-19(17)15-7-2-1-3-8-15/h1-9,17,19H,10-13H2,(H,21,22)(H,23,24)/t17-,19-/m1/s1. The van der Waals surface area contributed by atoms with E-state index in [1.165, 1.54) is 0 Å². The molecule has 2 aromatic carbocycles. The molecule has 130 valence electrons. The molecular formula is C20H21NO4. The lowest BCUT2D eigenvalue weighted by molar-refractivity contribution is -0.122. The zero-order valence-corrected chi connectivity index (χ0v) is 13.9. The van der Waals surface area contributed by atoms with Crippen LogP contribution in [-0.4, -0.2) is 29.6 Å². The molecule has 1 fully saturated rings. The van der Waals surface area contributed by atoms with Crippen LogP contribution in [0.3, 0.4) is 0 Å². The second-order valence-electron chi connectivity index (χ2n) is 6.13. The van der Waals surface area contributed by atoms with Gasteiger partial charge in [0.2, 0.25) is 5.91 Å². The summed E-state index contributed by atoms with van der Waals surface area (Å²) in [5.74, 6) is -1.05. The maximum Gasteiger partial charge on any atom is 0.335 e. The van der Waals surface area contributed by atoms with Crippen LogP contribution < -0.4 is 5.32 Å². The molecule has 0 unspecified atom stereocenters. The van der Waals surface area contributed by atoms with Gasteiger partial charge in [-0.1, -0.05) is 48.5 Å². The normalized spacial score (nSPS) is 19.5. The number of carboxylic acids is 1. The highest BCUT2D eigenvalue weighted by atomic mass is 16.5. The number of hydrogen-bond acceptors (Lipinski definition) is 3. The zero-order chi connectivity index (χ0) is 17.6. The minimum atomic E-state index is -0.968. The Kier molecular flexibility index (Phi) is 5.46. The van der Waals surface area contributed by atoms with Gasteiger partial charge >= 0.3 is 5.97 Å². The monoisotopic (exact) mass is 339 g/mol. The number of nitrogens with one attached hydrogen (secondary N) is 1. The summed E-state index contributed by atoms with van der Waals surface area (Å²) in [5.41, 5.74) is 1.98. The number of carbonyl (C=O) groups is 2. The molecule has 3 rings (SSSR count). The molecule has 5 heteroatoms. The lowest BCUT2D eigenvalue weighted by Crippen LogP contribution is -2.36. The zero-order valence-electron chi connectivity index (χ0n) is 13.9. The molecule has 1 heterocycles. The quantitative estimate of drug-likeness (QED) is 0.848. The van der Waals surface area contributed by atoms with E-state index in [2.05, 4.69) is 5.32 Å². The molecule has 0 aliphatic carbocycles. The Morgan fingerprint density at radius 1 is 1.08 bits per heavy atom. The van der Waals surface area contributed by atoms with E-state index in [1.54, 1.807) is 24.3 Å². The number of aromatic carboxylic acids is 1. The largest absolute Gasteiger partial charge is 0.478 e. The number of carboxylic acid groups (broad SMARTS) is 1. The van der Waals surface area contributed by atoms with Crippen molar-refractivity contribution in [3.05, 3.63) is 71.3 Å². The van der Waals surface area contributed by atoms with Gasteiger partial charge in [-0.05, 0) is 30.0 Å². The summed E-state index contributed by atoms with van der Waals surface area (Å²) in [4.78, 5) is 23.5. The van der Waals surface area contributed by atoms with Gasteiger partial charge in [-0.3, -0.25) is 4.79 Å². The van der Waals surface area contributed by atoms with Crippen LogP contribution in [0.25, 0.3) is 0 Å². The summed E-state index contributed by atoms with van der Waals surface area (Å²) in [6, 6.07) is 16.6. The van der Waals surface area contributed by atoms with Crippen molar-refractivity contribution < 1.29 is 19.4 Å². The number of amides is 1. The van der Waals surface area contributed by atoms with E-state index in [0.29, 0.717) is 18.6 Å². The summed E-state index contributed by atoms with van der Waals surface area (Å²) in [5, 5.41) is 12.2. The minimum absolute atomic E-state index is 0.0513. The number of aryl methyl sites for hydroxylation is 1. The van der Waals surface area contributed by atoms with Crippen LogP contribution in [0.15, 0.2) is 54.6 Å². The second kappa shape index (κ2) is 7.94. The van der Waals surface area contributed by atoms with E-state index in [1.807, 2.05) is 30.3 Å². The van der Waals surface area contributed by atoms with Crippen LogP contribution in [0.4, 0.5) is 0 Å². The third kappa shape index (κ3) is 4.25. The number of rotatable bonds is 6. The molecule has 0 spiro atoms. The number of carbonyl (C=O) groups excluding carboxylic acids is 1. The highest BCUT2D eigenvalue weighted by molar-refractivity contribution is 5.89. The average Bonchev–Trinajstić information content (AvgIpc) is 3.09. The highest BCUT2D eigenvalue weighted by Crippen LogP contribution is 2.29. The maximum absolute atomic E-state index is 12.3. The lowest BCUT2D eigenvalue weighted by atomic mass is 10.0. The van der Waals surface area contributed by atoms with Crippen molar-refractivity contribution in [1.82, 2.24) is 5.32 Å². The average molecular weight is 339 g/mol. The lowest BCUT2D eigenvalue weighted by Gasteiger charge is -2.20. The molecule has 2 N–H and O–H groups in total. The van der Waals surface area contributed by atoms with Crippen molar-refractivity contribution in [1.29, 1.82) is 0 Å². The van der Waals surface area contributed by atoms with Crippen molar-refractivity contribution in [3.8, 4) is 0 Å². The summed E-state index contributed by atoms with van der Waals surface area (Å²) in [7, 11) is 0. The van der Waals surface area contributed by atoms with E-state index < -0.39 is 5.97 Å². The molecule has 25 heavy (non-hydrogen) atoms. The molecule has 0 saturated carbocycles. The first kappa shape index (κ1) is 17.2. The molecule has 1 aliphatic heterocycles. The highest BCUT2D eigenvalue weighted by Gasteiger charge is 2.30. The summed E-state index contributed by atoms with van der Waals surface area (Å²) in [6.07, 6.45) is 1.30. The first-order valence-electron chi connectivity index (χ1n) is 8.42. The van der Waals surface area contributed by atoms with Gasteiger partial charge in [0.1, 0.15) is 6.10 Å². The summed E-state index contributed by atoms with van der Waals surface area (Å²) < 4.78 is 5.77. The molecule has 0 bridgehead atoms. The van der Waals surface area contributed by atoms with Gasteiger partial charge < -0.3 is 15.2 Å². The Morgan fingerprint density at radius 3 is 2.56 bits per heavy atom. The fourth-order valence-corrected chi connectivity index (χ4v) is 3.18. The molecular weight excluding hydrogens is 318 g/mol. The number of ether oxygens (including phenoxy) is 1. The van der Waals surface area contributed by atoms with Crippen molar-refractivity contribution in [2.75, 3.05) is 6.61 Å². The van der Waals surface area contributed by atoms with E-state index in [4.69, 9.17) is 4.74 Å². The van der Waals surface area contributed by atoms with Gasteiger partial charge in [0.25, 0.3) is 0 Å². The molecule has 1 amide bonds. The smallest absolute Gasteiger partial charge is 0.335 e. The van der Waals surface area contributed by atoms with Crippen LogP contribution in [0.1, 0.15) is 40.4 Å². The third-order valence-electron chi connectivity index (χ3n) is 4.44. The topological polar surface area (TPSA) is 75.6 Å². The van der Waals surface area contributed by atoms with Gasteiger partial charge in [0.05, 0.1) is 11.6 Å². The number of benzene rings is 2. The predicted octanol–water partition coefficient (Wildman–Crippen LogP) is 2.96. The minimum Gasteiger partial charge on any atom is -0.478 e. The van der Waals surface area contributed by atoms with Gasteiger partial charge in [-0.2, -0.15) is 0 Å². The first-order chi connectivity index (χ1) is 12.1. The maximum atomic E-state index is 12.3. The van der Waals surface area contributed by atoms with E-state index in [0.717, 1.165) is 12.0 Å². The van der Waals surface area contributed by atoms with Crippen molar-refractivity contribution in [2.45, 2.75) is 31.4 Å². The van der Waals surface area contributed by atoms with Crippen molar-refractivity contribution in [2.24, 2.45) is 0 Å². The van der Waals surface area contributed by atoms with Gasteiger partial charge in [0.15, 0.2) is 0 Å². The summed E-state index contributed by atoms with van der Waals surface area (Å²) >= 11 is 0. The molecule has 5 nitrogen and oxygen atoms in total. The van der Waals surface area contributed by atoms with Crippen molar-refractivity contribution >= 4 is 11.9 Å². The van der Waals surface area contributed by atoms with Gasteiger partial charge in [-0.15, -0.1) is 0 Å². The Balaban J connectivity index is 1.59. The molecule has 2 aromatic rings. The van der Waals surface area contributed by atoms with E-state index in [-0.39, 0.29) is 30.0 Å². The Labute approximate surface area is 146 Å². The molecule has 1 saturated heterocycles. The second-order valence-corrected chi connectivity index (χ2v) is 6.13. The van der Waals surface area contributed by atoms with Crippen LogP contribution in [-0.2, 0) is 16.0 Å². The van der Waals surface area contributed by atoms with E-state index >= 15 is 0 Å². The van der Waals surface area contributed by atoms with Crippen LogP contribution in [0, 0.1) is 0 Å². The molecule has 1 aliphatic rings. The van der Waals surface area contributed by atoms with E-state index in [9.17, 15) is 14.7 Å². The van der Waals surface area contributed by atoms with Crippen LogP contribution in [0.5, 0.6) is 0 Å². The predicted molar refractivity (Wildman–Crippen MR) is 93.4 cm³/mol. The number of hydrogen-bond donors (Lipinski definition) is 2. The van der Waals surface area contributed by atoms with Crippen LogP contribution in [0.2, 0.25) is 0 Å². The first-order valence-corrected chi connectivity index (χ1v) is 8.42. The van der Waals surface area contributed by atoms with Crippen LogP contribution >= 0.6 is 0 Å². The fraction of sp³-hybridized carbons (Fsp3) is 0.300. The fourth-order valence-electron chi connectivity index (χ4n) is 3.18. The molecule has 0 aromatic heterocycles. The Morgan fingerprint density at radius 2 is 1.80 bits per heavy atom. The molecule has 2 atom stereocenters. The van der Waals surface area contributed by atoms with Crippen molar-refractivity contribution in [3.63, 3.8) is 0 Å². The SMILES string of the molecule is O=C(CCc1ccccc1C(=O)O)N[C@@H]1CCO[C@@H]1c1ccccc1. The Bertz CT molecular complexity index is 744.